The number of nitrogens with one attached hydrogen (secondary N) is 1. The lowest BCUT2D eigenvalue weighted by Gasteiger charge is -2.08. The van der Waals surface area contributed by atoms with E-state index in [-0.39, 0.29) is 0 Å². The van der Waals surface area contributed by atoms with Crippen molar-refractivity contribution in [3.8, 4) is 0 Å². The van der Waals surface area contributed by atoms with Crippen LogP contribution < -0.4 is 11.3 Å². The van der Waals surface area contributed by atoms with Crippen molar-refractivity contribution >= 4 is 17.6 Å². The van der Waals surface area contributed by atoms with Crippen LogP contribution >= 0.6 is 11.8 Å². The summed E-state index contributed by atoms with van der Waals surface area (Å²) in [5, 5.41) is 0. The first-order valence-corrected chi connectivity index (χ1v) is 7.26. The molecule has 0 aromatic carbocycles. The van der Waals surface area contributed by atoms with E-state index in [1.54, 1.807) is 0 Å². The van der Waals surface area contributed by atoms with E-state index in [1.165, 1.54) is 12.8 Å². The van der Waals surface area contributed by atoms with Crippen LogP contribution in [0.2, 0.25) is 0 Å². The summed E-state index contributed by atoms with van der Waals surface area (Å²) < 4.78 is 0. The minimum absolute atomic E-state index is 0.638. The average molecular weight is 252 g/mol. The van der Waals surface area contributed by atoms with Crippen LogP contribution in [0.1, 0.15) is 44.1 Å². The number of anilines is 1. The Balaban J connectivity index is 2.01. The zero-order chi connectivity index (χ0) is 12.3. The molecule has 1 aromatic heterocycles. The first-order valence-electron chi connectivity index (χ1n) is 6.11. The molecular weight excluding hydrogens is 232 g/mol. The highest BCUT2D eigenvalue weighted by atomic mass is 32.2. The normalized spacial score (nSPS) is 15.3. The largest absolute Gasteiger partial charge is 0.308 e. The monoisotopic (exact) mass is 252 g/mol. The molecule has 1 saturated carbocycles. The first kappa shape index (κ1) is 12.6. The van der Waals surface area contributed by atoms with Gasteiger partial charge in [-0.3, -0.25) is 0 Å². The minimum Gasteiger partial charge on any atom is -0.308 e. The fourth-order valence-electron chi connectivity index (χ4n) is 1.63. The zero-order valence-electron chi connectivity index (χ0n) is 10.4. The Bertz CT molecular complexity index is 377. The lowest BCUT2D eigenvalue weighted by Crippen LogP contribution is -2.11. The topological polar surface area (TPSA) is 63.8 Å². The fraction of sp³-hybridized carbons (Fsp3) is 0.667. The van der Waals surface area contributed by atoms with Crippen LogP contribution in [-0.4, -0.2) is 15.7 Å². The number of nitrogens with two attached hydrogens (primary N) is 1. The summed E-state index contributed by atoms with van der Waals surface area (Å²) in [6.07, 6.45) is 2.50. The highest BCUT2D eigenvalue weighted by Gasteiger charge is 2.26. The van der Waals surface area contributed by atoms with Gasteiger partial charge in [-0.25, -0.2) is 15.8 Å². The molecule has 1 aliphatic rings. The van der Waals surface area contributed by atoms with Crippen molar-refractivity contribution in [3.63, 3.8) is 0 Å². The van der Waals surface area contributed by atoms with E-state index in [9.17, 15) is 0 Å². The predicted octanol–water partition coefficient (Wildman–Crippen LogP) is 2.53. The number of nitrogen functional groups attached to an aromatic ring is 1. The molecule has 0 bridgehead atoms. The van der Waals surface area contributed by atoms with Gasteiger partial charge in [-0.1, -0.05) is 13.8 Å². The summed E-state index contributed by atoms with van der Waals surface area (Å²) in [7, 11) is 0. The van der Waals surface area contributed by atoms with Crippen molar-refractivity contribution < 1.29 is 0 Å². The maximum atomic E-state index is 5.44. The average Bonchev–Trinajstić information content (AvgIpc) is 3.12. The van der Waals surface area contributed by atoms with Gasteiger partial charge in [-0.2, -0.15) is 11.8 Å². The van der Waals surface area contributed by atoms with Crippen LogP contribution in [-0.2, 0) is 5.75 Å². The van der Waals surface area contributed by atoms with Crippen LogP contribution in [0, 0.1) is 5.92 Å². The molecule has 1 fully saturated rings. The van der Waals surface area contributed by atoms with E-state index in [2.05, 4.69) is 29.2 Å². The summed E-state index contributed by atoms with van der Waals surface area (Å²) >= 11 is 1.88. The van der Waals surface area contributed by atoms with E-state index < -0.39 is 0 Å². The Morgan fingerprint density at radius 1 is 1.47 bits per heavy atom. The van der Waals surface area contributed by atoms with E-state index in [4.69, 9.17) is 5.84 Å². The number of aromatic nitrogens is 2. The lowest BCUT2D eigenvalue weighted by molar-refractivity contribution is 0.749. The minimum atomic E-state index is 0.638. The summed E-state index contributed by atoms with van der Waals surface area (Å²) in [6.45, 7) is 4.45. The first-order chi connectivity index (χ1) is 8.19. The van der Waals surface area contributed by atoms with Crippen LogP contribution in [0.3, 0.4) is 0 Å². The van der Waals surface area contributed by atoms with Gasteiger partial charge in [-0.05, 0) is 24.5 Å². The molecule has 0 unspecified atom stereocenters. The second-order valence-corrected chi connectivity index (χ2v) is 5.95. The number of hydrazine groups is 1. The summed E-state index contributed by atoms with van der Waals surface area (Å²) in [5.74, 6) is 10.4. The third-order valence-electron chi connectivity index (χ3n) is 2.62. The molecule has 0 amide bonds. The van der Waals surface area contributed by atoms with Gasteiger partial charge in [0.1, 0.15) is 11.6 Å². The molecule has 0 saturated heterocycles. The molecule has 4 nitrogen and oxygen atoms in total. The van der Waals surface area contributed by atoms with E-state index >= 15 is 0 Å². The maximum absolute atomic E-state index is 5.44. The number of hydrogen-bond acceptors (Lipinski definition) is 5. The van der Waals surface area contributed by atoms with Gasteiger partial charge < -0.3 is 5.43 Å². The molecule has 1 aromatic rings. The van der Waals surface area contributed by atoms with Crippen molar-refractivity contribution in [2.24, 2.45) is 11.8 Å². The zero-order valence-corrected chi connectivity index (χ0v) is 11.3. The fourth-order valence-corrected chi connectivity index (χ4v) is 2.53. The van der Waals surface area contributed by atoms with Crippen molar-refractivity contribution in [2.75, 3.05) is 11.2 Å². The molecule has 5 heteroatoms. The van der Waals surface area contributed by atoms with Gasteiger partial charge in [0.05, 0.1) is 5.75 Å². The lowest BCUT2D eigenvalue weighted by atomic mass is 10.3. The SMILES string of the molecule is CC(C)CSCc1nc(NN)cc(C2CC2)n1. The third kappa shape index (κ3) is 3.85. The van der Waals surface area contributed by atoms with Gasteiger partial charge in [0.2, 0.25) is 0 Å². The van der Waals surface area contributed by atoms with Crippen molar-refractivity contribution in [1.29, 1.82) is 0 Å². The van der Waals surface area contributed by atoms with E-state index in [0.29, 0.717) is 11.8 Å². The van der Waals surface area contributed by atoms with Crippen molar-refractivity contribution in [2.45, 2.75) is 38.4 Å². The molecule has 1 heterocycles. The van der Waals surface area contributed by atoms with Gasteiger partial charge in [0.15, 0.2) is 0 Å². The van der Waals surface area contributed by atoms with Crippen LogP contribution in [0.25, 0.3) is 0 Å². The molecule has 17 heavy (non-hydrogen) atoms. The number of hydrogen-bond donors (Lipinski definition) is 2. The van der Waals surface area contributed by atoms with E-state index in [0.717, 1.165) is 28.8 Å². The van der Waals surface area contributed by atoms with Crippen LogP contribution in [0.4, 0.5) is 5.82 Å². The van der Waals surface area contributed by atoms with Crippen molar-refractivity contribution in [3.05, 3.63) is 17.6 Å². The molecule has 0 spiro atoms. The second-order valence-electron chi connectivity index (χ2n) is 4.92. The number of rotatable bonds is 6. The quantitative estimate of drug-likeness (QED) is 0.601. The summed E-state index contributed by atoms with van der Waals surface area (Å²) in [5.41, 5.74) is 3.78. The Morgan fingerprint density at radius 2 is 2.24 bits per heavy atom. The molecule has 0 aliphatic heterocycles. The van der Waals surface area contributed by atoms with Gasteiger partial charge in [0.25, 0.3) is 0 Å². The van der Waals surface area contributed by atoms with Crippen molar-refractivity contribution in [1.82, 2.24) is 9.97 Å². The highest BCUT2D eigenvalue weighted by Crippen LogP contribution is 2.39. The molecule has 3 N–H and O–H groups in total. The van der Waals surface area contributed by atoms with Crippen LogP contribution in [0.15, 0.2) is 6.07 Å². The van der Waals surface area contributed by atoms with E-state index in [1.807, 2.05) is 17.8 Å². The Hall–Kier alpha value is -0.810. The summed E-state index contributed by atoms with van der Waals surface area (Å²) in [4.78, 5) is 9.00. The molecular formula is C12H20N4S. The number of nitrogens with zero attached hydrogens (tertiary/aromatic N) is 2. The Kier molecular flexibility index (Phi) is 4.23. The molecule has 0 atom stereocenters. The van der Waals surface area contributed by atoms with Gasteiger partial charge in [-0.15, -0.1) is 0 Å². The molecule has 94 valence electrons. The smallest absolute Gasteiger partial charge is 0.143 e. The number of thioether (sulfide) groups is 1. The Labute approximate surface area is 107 Å². The molecule has 0 radical (unpaired) electrons. The highest BCUT2D eigenvalue weighted by molar-refractivity contribution is 7.98. The van der Waals surface area contributed by atoms with Crippen LogP contribution in [0.5, 0.6) is 0 Å². The second kappa shape index (κ2) is 5.69. The summed E-state index contributed by atoms with van der Waals surface area (Å²) in [6, 6.07) is 1.97. The predicted molar refractivity (Wildman–Crippen MR) is 72.8 cm³/mol. The third-order valence-corrected chi connectivity index (χ3v) is 3.98. The standard InChI is InChI=1S/C12H20N4S/c1-8(2)6-17-7-12-14-10(9-3-4-9)5-11(15-12)16-13/h5,8-9H,3-4,6-7,13H2,1-2H3,(H,14,15,16). The molecule has 1 aliphatic carbocycles. The molecule has 2 rings (SSSR count). The Morgan fingerprint density at radius 3 is 2.82 bits per heavy atom. The van der Waals surface area contributed by atoms with Gasteiger partial charge in [0, 0.05) is 17.7 Å². The maximum Gasteiger partial charge on any atom is 0.143 e. The van der Waals surface area contributed by atoms with Gasteiger partial charge >= 0.3 is 0 Å².